The minimum Gasteiger partial charge on any atom is -0.319 e. The van der Waals surface area contributed by atoms with Crippen molar-refractivity contribution in [3.63, 3.8) is 0 Å². The lowest BCUT2D eigenvalue weighted by atomic mass is 9.96. The Kier molecular flexibility index (Phi) is 2.61. The van der Waals surface area contributed by atoms with Crippen LogP contribution in [0.5, 0.6) is 0 Å². The highest BCUT2D eigenvalue weighted by Crippen LogP contribution is 2.07. The molecular weight excluding hydrogens is 150 g/mol. The molecular formula is C10H12NO. The Balaban J connectivity index is 2.70. The van der Waals surface area contributed by atoms with Gasteiger partial charge in [0, 0.05) is 0 Å². The van der Waals surface area contributed by atoms with E-state index >= 15 is 0 Å². The zero-order valence-electron chi connectivity index (χ0n) is 7.08. The topological polar surface area (TPSA) is 43.1 Å². The maximum absolute atomic E-state index is 10.4. The van der Waals surface area contributed by atoms with Crippen molar-refractivity contribution in [1.29, 1.82) is 0 Å². The van der Waals surface area contributed by atoms with E-state index in [1.165, 1.54) is 0 Å². The van der Waals surface area contributed by atoms with E-state index in [9.17, 15) is 4.79 Å². The van der Waals surface area contributed by atoms with Gasteiger partial charge in [-0.3, -0.25) is 4.79 Å². The van der Waals surface area contributed by atoms with Crippen LogP contribution in [0.3, 0.4) is 0 Å². The van der Waals surface area contributed by atoms with Gasteiger partial charge < -0.3 is 5.73 Å². The Bertz CT molecular complexity index is 254. The molecule has 0 bridgehead atoms. The summed E-state index contributed by atoms with van der Waals surface area (Å²) >= 11 is 0. The first-order chi connectivity index (χ1) is 5.64. The van der Waals surface area contributed by atoms with Gasteiger partial charge in [-0.2, -0.15) is 0 Å². The second-order valence-electron chi connectivity index (χ2n) is 3.18. The first-order valence-corrected chi connectivity index (χ1v) is 3.86. The monoisotopic (exact) mass is 162 g/mol. The van der Waals surface area contributed by atoms with E-state index in [-0.39, 0.29) is 0 Å². The second kappa shape index (κ2) is 3.50. The molecule has 1 aromatic carbocycles. The SMILES string of the molecule is CC(N)([C]=O)Cc1ccccc1. The summed E-state index contributed by atoms with van der Waals surface area (Å²) in [5.41, 5.74) is 5.83. The summed E-state index contributed by atoms with van der Waals surface area (Å²) in [7, 11) is 0. The van der Waals surface area contributed by atoms with E-state index in [4.69, 9.17) is 5.73 Å². The van der Waals surface area contributed by atoms with Crippen molar-refractivity contribution in [2.45, 2.75) is 18.9 Å². The molecule has 63 valence electrons. The van der Waals surface area contributed by atoms with Gasteiger partial charge in [0.1, 0.15) is 0 Å². The Morgan fingerprint density at radius 3 is 2.50 bits per heavy atom. The molecule has 12 heavy (non-hydrogen) atoms. The number of carbonyl (C=O) groups excluding carboxylic acids is 1. The summed E-state index contributed by atoms with van der Waals surface area (Å²) in [6.07, 6.45) is 2.36. The van der Waals surface area contributed by atoms with Gasteiger partial charge >= 0.3 is 0 Å². The zero-order valence-corrected chi connectivity index (χ0v) is 7.08. The lowest BCUT2D eigenvalue weighted by Gasteiger charge is -2.15. The molecule has 2 heteroatoms. The summed E-state index contributed by atoms with van der Waals surface area (Å²) in [6, 6.07) is 9.68. The van der Waals surface area contributed by atoms with E-state index in [1.807, 2.05) is 36.6 Å². The molecule has 1 unspecified atom stereocenters. The predicted octanol–water partition coefficient (Wildman–Crippen LogP) is 1.06. The van der Waals surface area contributed by atoms with Crippen LogP contribution in [-0.2, 0) is 11.2 Å². The van der Waals surface area contributed by atoms with Gasteiger partial charge in [0.25, 0.3) is 0 Å². The third kappa shape index (κ3) is 2.47. The molecule has 0 saturated carbocycles. The lowest BCUT2D eigenvalue weighted by Crippen LogP contribution is -2.40. The van der Waals surface area contributed by atoms with Gasteiger partial charge in [0.2, 0.25) is 6.29 Å². The molecule has 1 atom stereocenters. The number of rotatable bonds is 3. The van der Waals surface area contributed by atoms with Crippen molar-refractivity contribution in [3.05, 3.63) is 35.9 Å². The van der Waals surface area contributed by atoms with Crippen LogP contribution >= 0.6 is 0 Å². The lowest BCUT2D eigenvalue weighted by molar-refractivity contribution is 0.498. The van der Waals surface area contributed by atoms with Crippen LogP contribution in [0.2, 0.25) is 0 Å². The zero-order chi connectivity index (χ0) is 9.03. The van der Waals surface area contributed by atoms with Crippen molar-refractivity contribution < 1.29 is 4.79 Å². The molecule has 0 spiro atoms. The molecule has 0 aliphatic heterocycles. The third-order valence-corrected chi connectivity index (χ3v) is 1.65. The molecule has 1 rings (SSSR count). The van der Waals surface area contributed by atoms with Crippen LogP contribution in [0.25, 0.3) is 0 Å². The Hall–Kier alpha value is -1.15. The van der Waals surface area contributed by atoms with Gasteiger partial charge in [0.05, 0.1) is 5.54 Å². The standard InChI is InChI=1S/C10H12NO/c1-10(11,8-12)7-9-5-3-2-4-6-9/h2-6H,7,11H2,1H3. The minimum atomic E-state index is -0.860. The first kappa shape index (κ1) is 8.94. The summed E-state index contributed by atoms with van der Waals surface area (Å²) in [6.45, 7) is 1.67. The van der Waals surface area contributed by atoms with Gasteiger partial charge in [-0.05, 0) is 18.9 Å². The van der Waals surface area contributed by atoms with Crippen molar-refractivity contribution in [2.24, 2.45) is 5.73 Å². The van der Waals surface area contributed by atoms with Crippen LogP contribution in [-0.4, -0.2) is 11.8 Å². The number of benzene rings is 1. The van der Waals surface area contributed by atoms with Crippen LogP contribution in [0, 0.1) is 0 Å². The summed E-state index contributed by atoms with van der Waals surface area (Å²) < 4.78 is 0. The average molecular weight is 162 g/mol. The fourth-order valence-corrected chi connectivity index (χ4v) is 1.06. The molecule has 0 saturated heterocycles. The molecule has 2 nitrogen and oxygen atoms in total. The highest BCUT2D eigenvalue weighted by Gasteiger charge is 2.18. The second-order valence-corrected chi connectivity index (χ2v) is 3.18. The molecule has 0 amide bonds. The van der Waals surface area contributed by atoms with Crippen molar-refractivity contribution in [2.75, 3.05) is 0 Å². The molecule has 0 aliphatic carbocycles. The van der Waals surface area contributed by atoms with Crippen molar-refractivity contribution in [1.82, 2.24) is 0 Å². The van der Waals surface area contributed by atoms with Crippen molar-refractivity contribution in [3.8, 4) is 0 Å². The molecule has 1 aromatic rings. The summed E-state index contributed by atoms with van der Waals surface area (Å²) in [5.74, 6) is 0. The molecule has 1 radical (unpaired) electrons. The van der Waals surface area contributed by atoms with Gasteiger partial charge in [0.15, 0.2) is 0 Å². The molecule has 0 heterocycles. The Morgan fingerprint density at radius 1 is 1.42 bits per heavy atom. The van der Waals surface area contributed by atoms with Crippen LogP contribution < -0.4 is 5.73 Å². The third-order valence-electron chi connectivity index (χ3n) is 1.65. The van der Waals surface area contributed by atoms with E-state index in [2.05, 4.69) is 0 Å². The Labute approximate surface area is 72.4 Å². The summed E-state index contributed by atoms with van der Waals surface area (Å²) in [4.78, 5) is 10.4. The highest BCUT2D eigenvalue weighted by molar-refractivity contribution is 5.64. The first-order valence-electron chi connectivity index (χ1n) is 3.86. The maximum atomic E-state index is 10.4. The highest BCUT2D eigenvalue weighted by atomic mass is 16.1. The van der Waals surface area contributed by atoms with Crippen LogP contribution in [0.15, 0.2) is 30.3 Å². The van der Waals surface area contributed by atoms with Crippen LogP contribution in [0.1, 0.15) is 12.5 Å². The van der Waals surface area contributed by atoms with E-state index < -0.39 is 5.54 Å². The van der Waals surface area contributed by atoms with Gasteiger partial charge in [-0.15, -0.1) is 0 Å². The number of hydrogen-bond acceptors (Lipinski definition) is 2. The van der Waals surface area contributed by atoms with Gasteiger partial charge in [-0.1, -0.05) is 30.3 Å². The fraction of sp³-hybridized carbons (Fsp3) is 0.300. The van der Waals surface area contributed by atoms with E-state index in [1.54, 1.807) is 6.92 Å². The minimum absolute atomic E-state index is 0.539. The molecule has 0 aliphatic rings. The fourth-order valence-electron chi connectivity index (χ4n) is 1.06. The maximum Gasteiger partial charge on any atom is 0.220 e. The van der Waals surface area contributed by atoms with Gasteiger partial charge in [-0.25, -0.2) is 0 Å². The quantitative estimate of drug-likeness (QED) is 0.722. The molecule has 0 fully saturated rings. The normalized spacial score (nSPS) is 15.2. The number of nitrogens with two attached hydrogens (primary N) is 1. The Morgan fingerprint density at radius 2 is 2.00 bits per heavy atom. The molecule has 2 N–H and O–H groups in total. The number of hydrogen-bond donors (Lipinski definition) is 1. The largest absolute Gasteiger partial charge is 0.319 e. The molecule has 0 aromatic heterocycles. The van der Waals surface area contributed by atoms with Crippen molar-refractivity contribution >= 4 is 6.29 Å². The smallest absolute Gasteiger partial charge is 0.220 e. The van der Waals surface area contributed by atoms with E-state index in [0.29, 0.717) is 6.42 Å². The summed E-state index contributed by atoms with van der Waals surface area (Å²) in [5, 5.41) is 0. The van der Waals surface area contributed by atoms with Crippen LogP contribution in [0.4, 0.5) is 0 Å². The van der Waals surface area contributed by atoms with E-state index in [0.717, 1.165) is 5.56 Å². The average Bonchev–Trinajstić information content (AvgIpc) is 2.06. The predicted molar refractivity (Wildman–Crippen MR) is 48.4 cm³/mol.